The number of hydrogen-bond donors (Lipinski definition) is 1. The van der Waals surface area contributed by atoms with Crippen molar-refractivity contribution in [3.63, 3.8) is 0 Å². The molecule has 0 rings (SSSR count). The van der Waals surface area contributed by atoms with Gasteiger partial charge in [-0.2, -0.15) is 0 Å². The third kappa shape index (κ3) is 10.7. The number of ether oxygens (including phenoxy) is 1. The zero-order chi connectivity index (χ0) is 4.99. The Balaban J connectivity index is 0. The minimum atomic E-state index is -0.711. The predicted octanol–water partition coefficient (Wildman–Crippen LogP) is 0.0991. The minimum Gasteiger partial charge on any atom is -0.450 e. The second kappa shape index (κ2) is 6.19. The first-order valence-corrected chi connectivity index (χ1v) is 1.69. The Kier molecular flexibility index (Phi) is 9.05. The first-order chi connectivity index (χ1) is 2.77. The van der Waals surface area contributed by atoms with E-state index >= 15 is 0 Å². The van der Waals surface area contributed by atoms with Gasteiger partial charge >= 0.3 is 6.09 Å². The molecule has 0 aromatic carbocycles. The largest absolute Gasteiger partial charge is 0.450 e. The molecule has 4 heteroatoms. The van der Waals surface area contributed by atoms with Gasteiger partial charge in [0, 0.05) is 27.3 Å². The van der Waals surface area contributed by atoms with Gasteiger partial charge < -0.3 is 10.5 Å². The molecular formula is C3H7CdNO2. The van der Waals surface area contributed by atoms with Gasteiger partial charge in [0.2, 0.25) is 0 Å². The number of hydrogen-bond acceptors (Lipinski definition) is 2. The number of carbonyl (C=O) groups excluding carboxylic acids is 1. The maximum atomic E-state index is 9.60. The van der Waals surface area contributed by atoms with E-state index in [2.05, 4.69) is 10.5 Å². The van der Waals surface area contributed by atoms with Gasteiger partial charge in [-0.05, 0) is 6.92 Å². The first-order valence-electron chi connectivity index (χ1n) is 1.69. The minimum absolute atomic E-state index is 0. The van der Waals surface area contributed by atoms with Crippen molar-refractivity contribution in [3.8, 4) is 0 Å². The van der Waals surface area contributed by atoms with Gasteiger partial charge in [0.25, 0.3) is 0 Å². The zero-order valence-corrected chi connectivity index (χ0v) is 8.34. The first kappa shape index (κ1) is 10.2. The summed E-state index contributed by atoms with van der Waals surface area (Å²) in [6.45, 7) is 2.06. The molecule has 7 heavy (non-hydrogen) atoms. The van der Waals surface area contributed by atoms with Crippen LogP contribution in [0.4, 0.5) is 4.79 Å². The molecule has 0 aliphatic rings. The smallest absolute Gasteiger partial charge is 0.404 e. The van der Waals surface area contributed by atoms with Crippen molar-refractivity contribution in [1.82, 2.24) is 0 Å². The van der Waals surface area contributed by atoms with Gasteiger partial charge in [0.1, 0.15) is 0 Å². The molecule has 0 aromatic heterocycles. The van der Waals surface area contributed by atoms with E-state index in [1.807, 2.05) is 0 Å². The number of primary amides is 1. The summed E-state index contributed by atoms with van der Waals surface area (Å²) in [5.41, 5.74) is 4.54. The number of nitrogens with two attached hydrogens (primary N) is 1. The van der Waals surface area contributed by atoms with Crippen LogP contribution in [0.1, 0.15) is 6.92 Å². The van der Waals surface area contributed by atoms with E-state index < -0.39 is 6.09 Å². The number of rotatable bonds is 1. The van der Waals surface area contributed by atoms with Gasteiger partial charge in [-0.3, -0.25) is 0 Å². The molecule has 0 radical (unpaired) electrons. The molecule has 0 spiro atoms. The summed E-state index contributed by atoms with van der Waals surface area (Å²) in [6, 6.07) is 0. The van der Waals surface area contributed by atoms with Crippen molar-refractivity contribution in [2.24, 2.45) is 5.73 Å². The van der Waals surface area contributed by atoms with Crippen LogP contribution in [0.15, 0.2) is 0 Å². The maximum Gasteiger partial charge on any atom is 0.404 e. The van der Waals surface area contributed by atoms with Crippen LogP contribution >= 0.6 is 0 Å². The van der Waals surface area contributed by atoms with E-state index in [4.69, 9.17) is 0 Å². The molecule has 3 nitrogen and oxygen atoms in total. The topological polar surface area (TPSA) is 52.3 Å². The quantitative estimate of drug-likeness (QED) is 0.612. The molecular weight excluding hydrogens is 194 g/mol. The monoisotopic (exact) mass is 203 g/mol. The van der Waals surface area contributed by atoms with Gasteiger partial charge in [-0.15, -0.1) is 0 Å². The molecule has 0 aliphatic carbocycles. The molecule has 0 atom stereocenters. The molecule has 1 amide bonds. The summed E-state index contributed by atoms with van der Waals surface area (Å²) in [4.78, 5) is 9.60. The molecule has 0 unspecified atom stereocenters. The number of carbonyl (C=O) groups is 1. The van der Waals surface area contributed by atoms with Gasteiger partial charge in [0.05, 0.1) is 6.61 Å². The Labute approximate surface area is 62.4 Å². The van der Waals surface area contributed by atoms with Crippen LogP contribution < -0.4 is 5.73 Å². The van der Waals surface area contributed by atoms with Crippen LogP contribution in [0.5, 0.6) is 0 Å². The van der Waals surface area contributed by atoms with Crippen LogP contribution in [-0.4, -0.2) is 12.7 Å². The summed E-state index contributed by atoms with van der Waals surface area (Å²) in [5.74, 6) is 0. The Morgan fingerprint density at radius 2 is 2.29 bits per heavy atom. The molecule has 0 heterocycles. The van der Waals surface area contributed by atoms with Crippen molar-refractivity contribution in [1.29, 1.82) is 0 Å². The van der Waals surface area contributed by atoms with Crippen LogP contribution in [0.25, 0.3) is 0 Å². The fourth-order valence-electron chi connectivity index (χ4n) is 0.142. The van der Waals surface area contributed by atoms with Crippen molar-refractivity contribution >= 4 is 6.09 Å². The number of amides is 1. The molecule has 38 valence electrons. The average molecular weight is 202 g/mol. The van der Waals surface area contributed by atoms with Crippen LogP contribution in [-0.2, 0) is 32.0 Å². The van der Waals surface area contributed by atoms with E-state index in [1.165, 1.54) is 0 Å². The molecule has 0 saturated heterocycles. The van der Waals surface area contributed by atoms with Crippen LogP contribution in [0.3, 0.4) is 0 Å². The SMILES string of the molecule is CCOC(N)=O.[Cd]. The Bertz CT molecular complexity index is 56.9. The van der Waals surface area contributed by atoms with Crippen molar-refractivity contribution < 1.29 is 36.8 Å². The fourth-order valence-corrected chi connectivity index (χ4v) is 0.142. The average Bonchev–Trinajstić information content (AvgIpc) is 1.35. The normalized spacial score (nSPS) is 6.43. The molecule has 2 N–H and O–H groups in total. The van der Waals surface area contributed by atoms with E-state index in [0.717, 1.165) is 0 Å². The Morgan fingerprint density at radius 1 is 1.86 bits per heavy atom. The summed E-state index contributed by atoms with van der Waals surface area (Å²) in [7, 11) is 0. The second-order valence-electron chi connectivity index (χ2n) is 0.752. The molecule has 0 bridgehead atoms. The summed E-state index contributed by atoms with van der Waals surface area (Å²) >= 11 is 0. The van der Waals surface area contributed by atoms with Gasteiger partial charge in [-0.25, -0.2) is 4.79 Å². The van der Waals surface area contributed by atoms with Crippen LogP contribution in [0.2, 0.25) is 0 Å². The standard InChI is InChI=1S/C3H7NO2.Cd/c1-2-6-3(4)5;/h2H2,1H3,(H2,4,5);. The molecule has 0 aromatic rings. The summed E-state index contributed by atoms with van der Waals surface area (Å²) in [5, 5.41) is 0. The van der Waals surface area contributed by atoms with Gasteiger partial charge in [0.15, 0.2) is 0 Å². The second-order valence-corrected chi connectivity index (χ2v) is 0.752. The molecule has 0 fully saturated rings. The molecule has 0 saturated carbocycles. The molecule has 0 aliphatic heterocycles. The van der Waals surface area contributed by atoms with E-state index in [9.17, 15) is 4.79 Å². The van der Waals surface area contributed by atoms with Crippen molar-refractivity contribution in [2.75, 3.05) is 6.61 Å². The van der Waals surface area contributed by atoms with Crippen LogP contribution in [0, 0.1) is 0 Å². The van der Waals surface area contributed by atoms with Crippen molar-refractivity contribution in [2.45, 2.75) is 6.92 Å². The summed E-state index contributed by atoms with van der Waals surface area (Å²) < 4.78 is 4.18. The Hall–Kier alpha value is 0.192. The maximum absolute atomic E-state index is 9.60. The summed E-state index contributed by atoms with van der Waals surface area (Å²) in [6.07, 6.45) is -0.711. The van der Waals surface area contributed by atoms with E-state index in [0.29, 0.717) is 6.61 Å². The van der Waals surface area contributed by atoms with Gasteiger partial charge in [-0.1, -0.05) is 0 Å². The van der Waals surface area contributed by atoms with E-state index in [-0.39, 0.29) is 27.3 Å². The van der Waals surface area contributed by atoms with E-state index in [1.54, 1.807) is 6.92 Å². The third-order valence-corrected chi connectivity index (χ3v) is 0.287. The Morgan fingerprint density at radius 3 is 2.29 bits per heavy atom. The fraction of sp³-hybridized carbons (Fsp3) is 0.667. The third-order valence-electron chi connectivity index (χ3n) is 0.287. The predicted molar refractivity (Wildman–Crippen MR) is 21.2 cm³/mol. The van der Waals surface area contributed by atoms with Crippen molar-refractivity contribution in [3.05, 3.63) is 0 Å². The zero-order valence-electron chi connectivity index (χ0n) is 4.31.